The predicted molar refractivity (Wildman–Crippen MR) is 116 cm³/mol. The van der Waals surface area contributed by atoms with E-state index in [0.29, 0.717) is 13.1 Å². The third-order valence-corrected chi connectivity index (χ3v) is 4.88. The van der Waals surface area contributed by atoms with Crippen LogP contribution in [0.2, 0.25) is 0 Å². The lowest BCUT2D eigenvalue weighted by Gasteiger charge is -2.38. The molecule has 0 aliphatic heterocycles. The highest BCUT2D eigenvalue weighted by atomic mass is 16.5. The lowest BCUT2D eigenvalue weighted by Crippen LogP contribution is -2.51. The van der Waals surface area contributed by atoms with E-state index in [0.717, 1.165) is 16.7 Å². The van der Waals surface area contributed by atoms with Gasteiger partial charge < -0.3 is 4.74 Å². The minimum absolute atomic E-state index is 0.264. The van der Waals surface area contributed by atoms with Crippen molar-refractivity contribution in [1.29, 1.82) is 0 Å². The van der Waals surface area contributed by atoms with Crippen LogP contribution in [0.4, 0.5) is 0 Å². The number of hydrogen-bond donors (Lipinski definition) is 0. The van der Waals surface area contributed by atoms with E-state index in [4.69, 9.17) is 11.2 Å². The topological polar surface area (TPSA) is 29.5 Å². The largest absolute Gasteiger partial charge is 0.464 e. The van der Waals surface area contributed by atoms with Crippen LogP contribution in [0.1, 0.15) is 23.6 Å². The molecule has 0 saturated carbocycles. The summed E-state index contributed by atoms with van der Waals surface area (Å²) < 4.78 is 5.49. The molecule has 3 aromatic rings. The van der Waals surface area contributed by atoms with Crippen LogP contribution in [0, 0.1) is 12.3 Å². The molecule has 0 amide bonds. The zero-order valence-electron chi connectivity index (χ0n) is 16.6. The molecule has 0 spiro atoms. The summed E-state index contributed by atoms with van der Waals surface area (Å²) in [6.07, 6.45) is 6.09. The van der Waals surface area contributed by atoms with Crippen molar-refractivity contribution in [3.05, 3.63) is 108 Å². The van der Waals surface area contributed by atoms with Crippen molar-refractivity contribution in [3.8, 4) is 12.3 Å². The number of ether oxygens (including phenoxy) is 1. The number of rotatable bonds is 8. The lowest BCUT2D eigenvalue weighted by molar-refractivity contribution is -0.155. The van der Waals surface area contributed by atoms with E-state index in [-0.39, 0.29) is 6.61 Å². The molecule has 3 rings (SSSR count). The Bertz CT molecular complexity index is 907. The molecular formula is C26H25NO2. The van der Waals surface area contributed by atoms with Gasteiger partial charge in [-0.05, 0) is 23.6 Å². The van der Waals surface area contributed by atoms with Crippen LogP contribution in [0.15, 0.2) is 91.0 Å². The van der Waals surface area contributed by atoms with Crippen LogP contribution in [0.5, 0.6) is 0 Å². The van der Waals surface area contributed by atoms with Crippen LogP contribution >= 0.6 is 0 Å². The average molecular weight is 383 g/mol. The summed E-state index contributed by atoms with van der Waals surface area (Å²) in [5, 5.41) is 0. The second-order valence-electron chi connectivity index (χ2n) is 6.77. The lowest BCUT2D eigenvalue weighted by atomic mass is 9.87. The third-order valence-electron chi connectivity index (χ3n) is 4.88. The molecule has 1 atom stereocenters. The first-order chi connectivity index (χ1) is 14.2. The Morgan fingerprint density at radius 2 is 1.31 bits per heavy atom. The zero-order chi connectivity index (χ0) is 20.5. The number of carbonyl (C=O) groups excluding carboxylic acids is 1. The summed E-state index contributed by atoms with van der Waals surface area (Å²) in [5.74, 6) is 2.38. The Morgan fingerprint density at radius 3 is 1.72 bits per heavy atom. The maximum absolute atomic E-state index is 13.3. The average Bonchev–Trinajstić information content (AvgIpc) is 2.77. The van der Waals surface area contributed by atoms with Crippen molar-refractivity contribution in [3.63, 3.8) is 0 Å². The fraction of sp³-hybridized carbons (Fsp3) is 0.192. The molecule has 3 nitrogen and oxygen atoms in total. The molecular weight excluding hydrogens is 358 g/mol. The molecule has 3 heteroatoms. The van der Waals surface area contributed by atoms with Crippen molar-refractivity contribution in [2.24, 2.45) is 0 Å². The molecule has 0 N–H and O–H groups in total. The number of terminal acetylenes is 1. The Balaban J connectivity index is 2.13. The van der Waals surface area contributed by atoms with Crippen LogP contribution in [-0.2, 0) is 28.2 Å². The van der Waals surface area contributed by atoms with Crippen molar-refractivity contribution in [1.82, 2.24) is 4.90 Å². The molecule has 0 radical (unpaired) electrons. The summed E-state index contributed by atoms with van der Waals surface area (Å²) >= 11 is 0. The highest BCUT2D eigenvalue weighted by Crippen LogP contribution is 2.33. The van der Waals surface area contributed by atoms with Gasteiger partial charge in [-0.25, -0.2) is 4.79 Å². The number of esters is 1. The Labute approximate surface area is 172 Å². The van der Waals surface area contributed by atoms with Gasteiger partial charge in [0.25, 0.3) is 0 Å². The first kappa shape index (κ1) is 20.4. The summed E-state index contributed by atoms with van der Waals surface area (Å²) in [5.41, 5.74) is 1.54. The quantitative estimate of drug-likeness (QED) is 0.414. The normalized spacial score (nSPS) is 12.7. The van der Waals surface area contributed by atoms with Gasteiger partial charge in [-0.3, -0.25) is 4.90 Å². The molecule has 0 aromatic heterocycles. The van der Waals surface area contributed by atoms with Gasteiger partial charge >= 0.3 is 5.97 Å². The monoisotopic (exact) mass is 383 g/mol. The number of benzene rings is 3. The predicted octanol–water partition coefficient (Wildman–Crippen LogP) is 4.78. The Kier molecular flexibility index (Phi) is 6.84. The van der Waals surface area contributed by atoms with E-state index in [9.17, 15) is 4.79 Å². The smallest absolute Gasteiger partial charge is 0.343 e. The van der Waals surface area contributed by atoms with Gasteiger partial charge in [-0.1, -0.05) is 96.9 Å². The van der Waals surface area contributed by atoms with Crippen molar-refractivity contribution in [2.75, 3.05) is 6.61 Å². The van der Waals surface area contributed by atoms with E-state index in [1.807, 2.05) is 95.9 Å². The molecule has 1 unspecified atom stereocenters. The minimum atomic E-state index is -1.33. The van der Waals surface area contributed by atoms with Gasteiger partial charge in [-0.15, -0.1) is 6.42 Å². The summed E-state index contributed by atoms with van der Waals surface area (Å²) in [6, 6.07) is 29.5. The van der Waals surface area contributed by atoms with Gasteiger partial charge in [0.1, 0.15) is 0 Å². The summed E-state index contributed by atoms with van der Waals surface area (Å²) in [6.45, 7) is 3.07. The highest BCUT2D eigenvalue weighted by molar-refractivity contribution is 5.86. The fourth-order valence-electron chi connectivity index (χ4n) is 3.48. The first-order valence-electron chi connectivity index (χ1n) is 9.74. The molecule has 146 valence electrons. The molecule has 3 aromatic carbocycles. The SMILES string of the molecule is C#CC(C(=O)OCC)(c1ccccc1)N(Cc1ccccc1)Cc1ccccc1. The van der Waals surface area contributed by atoms with Crippen LogP contribution in [-0.4, -0.2) is 17.5 Å². The van der Waals surface area contributed by atoms with Gasteiger partial charge in [0, 0.05) is 13.1 Å². The van der Waals surface area contributed by atoms with E-state index in [1.165, 1.54) is 0 Å². The highest BCUT2D eigenvalue weighted by Gasteiger charge is 2.46. The molecule has 0 saturated heterocycles. The number of hydrogen-bond acceptors (Lipinski definition) is 3. The standard InChI is InChI=1S/C26H25NO2/c1-3-26(25(28)29-4-2,24-18-12-7-13-19-24)27(20-22-14-8-5-9-15-22)21-23-16-10-6-11-17-23/h1,5-19H,4,20-21H2,2H3. The maximum atomic E-state index is 13.3. The van der Waals surface area contributed by atoms with Gasteiger partial charge in [0.2, 0.25) is 5.54 Å². The molecule has 0 aliphatic rings. The van der Waals surface area contributed by atoms with E-state index in [1.54, 1.807) is 6.92 Å². The maximum Gasteiger partial charge on any atom is 0.343 e. The van der Waals surface area contributed by atoms with Gasteiger partial charge in [-0.2, -0.15) is 0 Å². The zero-order valence-corrected chi connectivity index (χ0v) is 16.6. The fourth-order valence-corrected chi connectivity index (χ4v) is 3.48. The summed E-state index contributed by atoms with van der Waals surface area (Å²) in [4.78, 5) is 15.3. The van der Waals surface area contributed by atoms with Crippen LogP contribution < -0.4 is 0 Å². The molecule has 0 heterocycles. The van der Waals surface area contributed by atoms with Crippen LogP contribution in [0.3, 0.4) is 0 Å². The van der Waals surface area contributed by atoms with E-state index in [2.05, 4.69) is 5.92 Å². The van der Waals surface area contributed by atoms with Gasteiger partial charge in [0.05, 0.1) is 6.61 Å². The second kappa shape index (κ2) is 9.73. The van der Waals surface area contributed by atoms with Crippen molar-refractivity contribution >= 4 is 5.97 Å². The number of nitrogens with zero attached hydrogens (tertiary/aromatic N) is 1. The molecule has 0 fully saturated rings. The van der Waals surface area contributed by atoms with Crippen molar-refractivity contribution < 1.29 is 9.53 Å². The third kappa shape index (κ3) is 4.56. The first-order valence-corrected chi connectivity index (χ1v) is 9.74. The molecule has 29 heavy (non-hydrogen) atoms. The van der Waals surface area contributed by atoms with Gasteiger partial charge in [0.15, 0.2) is 0 Å². The van der Waals surface area contributed by atoms with Crippen LogP contribution in [0.25, 0.3) is 0 Å². The Morgan fingerprint density at radius 1 is 0.862 bits per heavy atom. The Hall–Kier alpha value is -3.35. The minimum Gasteiger partial charge on any atom is -0.464 e. The number of carbonyl (C=O) groups is 1. The van der Waals surface area contributed by atoms with E-state index < -0.39 is 11.5 Å². The molecule has 0 aliphatic carbocycles. The van der Waals surface area contributed by atoms with E-state index >= 15 is 0 Å². The second-order valence-corrected chi connectivity index (χ2v) is 6.77. The van der Waals surface area contributed by atoms with Crippen molar-refractivity contribution in [2.45, 2.75) is 25.6 Å². The summed E-state index contributed by atoms with van der Waals surface area (Å²) in [7, 11) is 0. The molecule has 0 bridgehead atoms.